The zero-order valence-electron chi connectivity index (χ0n) is 22.4. The molecule has 0 aromatic heterocycles. The lowest BCUT2D eigenvalue weighted by molar-refractivity contribution is -0.133. The molecule has 182 valence electrons. The molecule has 0 amide bonds. The van der Waals surface area contributed by atoms with Crippen molar-refractivity contribution in [2.75, 3.05) is 0 Å². The van der Waals surface area contributed by atoms with Crippen LogP contribution in [0.15, 0.2) is 11.6 Å². The molecule has 4 aliphatic carbocycles. The summed E-state index contributed by atoms with van der Waals surface area (Å²) in [7, 11) is -1.75. The highest BCUT2D eigenvalue weighted by Gasteiger charge is 2.60. The summed E-state index contributed by atoms with van der Waals surface area (Å²) in [4.78, 5) is 12.9. The fourth-order valence-electron chi connectivity index (χ4n) is 7.97. The van der Waals surface area contributed by atoms with Gasteiger partial charge in [0.25, 0.3) is 0 Å². The fourth-order valence-corrected chi connectivity index (χ4v) is 9.36. The van der Waals surface area contributed by atoms with Crippen LogP contribution in [0.4, 0.5) is 0 Å². The predicted octanol–water partition coefficient (Wildman–Crippen LogP) is 8.33. The van der Waals surface area contributed by atoms with Crippen LogP contribution in [-0.4, -0.2) is 20.2 Å². The average molecular weight is 459 g/mol. The van der Waals surface area contributed by atoms with Gasteiger partial charge in [0.2, 0.25) is 0 Å². The molecule has 0 aromatic rings. The predicted molar refractivity (Wildman–Crippen MR) is 137 cm³/mol. The van der Waals surface area contributed by atoms with Gasteiger partial charge >= 0.3 is 0 Å². The summed E-state index contributed by atoms with van der Waals surface area (Å²) in [5, 5.41) is 0.270. The Balaban J connectivity index is 1.64. The summed E-state index contributed by atoms with van der Waals surface area (Å²) >= 11 is 0. The number of hydrogen-bond acceptors (Lipinski definition) is 2. The minimum absolute atomic E-state index is 0.0318. The lowest BCUT2D eigenvalue weighted by atomic mass is 9.45. The van der Waals surface area contributed by atoms with Crippen molar-refractivity contribution in [1.82, 2.24) is 0 Å². The molecule has 7 atom stereocenters. The van der Waals surface area contributed by atoms with E-state index in [-0.39, 0.29) is 10.5 Å². The SMILES string of the molecule is CCCC[C@@H]1C=C2C[C@@H](O[Si](C)(C)C(C)(C)C)CC[C@]2(C)[C@H]2CC[C@]3(C)C(=O)CC[C@H]3[C@H]12. The number of carbonyl (C=O) groups is 1. The Bertz CT molecular complexity index is 762. The summed E-state index contributed by atoms with van der Waals surface area (Å²) in [6.45, 7) is 19.1. The van der Waals surface area contributed by atoms with Crippen LogP contribution in [-0.2, 0) is 9.22 Å². The Morgan fingerprint density at radius 2 is 1.72 bits per heavy atom. The maximum absolute atomic E-state index is 12.9. The van der Waals surface area contributed by atoms with Gasteiger partial charge in [-0.2, -0.15) is 0 Å². The van der Waals surface area contributed by atoms with E-state index in [1.165, 1.54) is 38.5 Å². The van der Waals surface area contributed by atoms with E-state index >= 15 is 0 Å². The van der Waals surface area contributed by atoms with Crippen molar-refractivity contribution in [2.45, 2.75) is 130 Å². The number of fused-ring (bicyclic) bond motifs is 5. The van der Waals surface area contributed by atoms with E-state index in [9.17, 15) is 4.79 Å². The number of hydrogen-bond donors (Lipinski definition) is 0. The van der Waals surface area contributed by atoms with Gasteiger partial charge in [-0.05, 0) is 92.2 Å². The van der Waals surface area contributed by atoms with E-state index in [1.807, 2.05) is 0 Å². The normalized spacial score (nSPS) is 42.2. The number of unbranched alkanes of at least 4 members (excludes halogenated alkanes) is 1. The number of ketones is 1. The second kappa shape index (κ2) is 8.36. The van der Waals surface area contributed by atoms with Crippen LogP contribution >= 0.6 is 0 Å². The molecule has 3 heteroatoms. The maximum atomic E-state index is 12.9. The first kappa shape index (κ1) is 24.7. The van der Waals surface area contributed by atoms with Crippen molar-refractivity contribution in [3.63, 3.8) is 0 Å². The first-order valence-electron chi connectivity index (χ1n) is 13.8. The van der Waals surface area contributed by atoms with Gasteiger partial charge in [-0.1, -0.05) is 66.0 Å². The average Bonchev–Trinajstić information content (AvgIpc) is 3.00. The Morgan fingerprint density at radius 3 is 2.38 bits per heavy atom. The van der Waals surface area contributed by atoms with E-state index in [0.29, 0.717) is 29.1 Å². The van der Waals surface area contributed by atoms with Crippen LogP contribution in [0.2, 0.25) is 18.1 Å². The van der Waals surface area contributed by atoms with Gasteiger partial charge in [0.1, 0.15) is 5.78 Å². The molecule has 3 fully saturated rings. The molecule has 2 nitrogen and oxygen atoms in total. The molecule has 0 aliphatic heterocycles. The van der Waals surface area contributed by atoms with Crippen molar-refractivity contribution in [2.24, 2.45) is 34.5 Å². The molecule has 32 heavy (non-hydrogen) atoms. The van der Waals surface area contributed by atoms with Crippen LogP contribution in [0.3, 0.4) is 0 Å². The van der Waals surface area contributed by atoms with Gasteiger partial charge in [0, 0.05) is 17.9 Å². The first-order chi connectivity index (χ1) is 14.8. The number of Topliss-reactive ketones (excluding diaryl/α,β-unsaturated/α-hetero) is 1. The number of allylic oxidation sites excluding steroid dienone is 1. The summed E-state index contributed by atoms with van der Waals surface area (Å²) in [6, 6.07) is 0. The first-order valence-corrected chi connectivity index (χ1v) is 16.7. The second-order valence-electron chi connectivity index (χ2n) is 13.9. The van der Waals surface area contributed by atoms with Crippen molar-refractivity contribution >= 4 is 14.1 Å². The van der Waals surface area contributed by atoms with Gasteiger partial charge in [0.15, 0.2) is 8.32 Å². The van der Waals surface area contributed by atoms with Crippen LogP contribution in [0.5, 0.6) is 0 Å². The molecule has 0 unspecified atom stereocenters. The molecule has 0 saturated heterocycles. The Labute approximate surface area is 199 Å². The third kappa shape index (κ3) is 3.92. The number of carbonyl (C=O) groups excluding carboxylic acids is 1. The van der Waals surface area contributed by atoms with E-state index in [1.54, 1.807) is 5.57 Å². The zero-order valence-corrected chi connectivity index (χ0v) is 23.4. The van der Waals surface area contributed by atoms with Gasteiger partial charge in [-0.25, -0.2) is 0 Å². The van der Waals surface area contributed by atoms with Gasteiger partial charge in [-0.15, -0.1) is 0 Å². The van der Waals surface area contributed by atoms with Crippen LogP contribution in [0, 0.1) is 34.5 Å². The largest absolute Gasteiger partial charge is 0.414 e. The Kier molecular flexibility index (Phi) is 6.46. The lowest BCUT2D eigenvalue weighted by Crippen LogP contribution is -2.54. The molecule has 4 aliphatic rings. The molecule has 0 aromatic carbocycles. The topological polar surface area (TPSA) is 26.3 Å². The molecule has 0 spiro atoms. The summed E-state index contributed by atoms with van der Waals surface area (Å²) in [5.41, 5.74) is 2.02. The smallest absolute Gasteiger partial charge is 0.192 e. The maximum Gasteiger partial charge on any atom is 0.192 e. The molecular weight excluding hydrogens is 408 g/mol. The summed E-state index contributed by atoms with van der Waals surface area (Å²) < 4.78 is 6.94. The minimum atomic E-state index is -1.75. The molecule has 0 radical (unpaired) electrons. The molecule has 0 heterocycles. The molecular formula is C29H50O2Si. The second-order valence-corrected chi connectivity index (χ2v) is 18.6. The quantitative estimate of drug-likeness (QED) is 0.306. The van der Waals surface area contributed by atoms with E-state index in [2.05, 4.69) is 60.7 Å². The van der Waals surface area contributed by atoms with Gasteiger partial charge in [-0.3, -0.25) is 4.79 Å². The summed E-state index contributed by atoms with van der Waals surface area (Å²) in [6.07, 6.45) is 15.0. The van der Waals surface area contributed by atoms with Crippen LogP contribution in [0.1, 0.15) is 106 Å². The van der Waals surface area contributed by atoms with E-state index < -0.39 is 8.32 Å². The van der Waals surface area contributed by atoms with Crippen molar-refractivity contribution in [1.29, 1.82) is 0 Å². The lowest BCUT2D eigenvalue weighted by Gasteiger charge is -2.59. The zero-order chi connectivity index (χ0) is 23.5. The van der Waals surface area contributed by atoms with Crippen molar-refractivity contribution < 1.29 is 9.22 Å². The van der Waals surface area contributed by atoms with Crippen molar-refractivity contribution in [3.8, 4) is 0 Å². The van der Waals surface area contributed by atoms with E-state index in [0.717, 1.165) is 37.5 Å². The molecule has 4 rings (SSSR count). The highest BCUT2D eigenvalue weighted by Crippen LogP contribution is 2.66. The van der Waals surface area contributed by atoms with Crippen LogP contribution in [0.25, 0.3) is 0 Å². The van der Waals surface area contributed by atoms with Crippen molar-refractivity contribution in [3.05, 3.63) is 11.6 Å². The number of rotatable bonds is 5. The van der Waals surface area contributed by atoms with Crippen LogP contribution < -0.4 is 0 Å². The molecule has 0 bridgehead atoms. The molecule has 3 saturated carbocycles. The monoisotopic (exact) mass is 458 g/mol. The standard InChI is InChI=1S/C29H50O2Si/c1-9-10-11-20-18-21-19-22(31-32(7,8)27(2,3)4)14-16-28(21,5)24-15-17-29(6)23(26(20)24)12-13-25(29)30/h18,20,22-24,26H,9-17,19H2,1-8H3/t20-,22+,23+,24+,26+,28+,29+/m1/s1. The highest BCUT2D eigenvalue weighted by molar-refractivity contribution is 6.74. The Hall–Kier alpha value is -0.413. The third-order valence-electron chi connectivity index (χ3n) is 11.1. The van der Waals surface area contributed by atoms with Gasteiger partial charge < -0.3 is 4.43 Å². The fraction of sp³-hybridized carbons (Fsp3) is 0.897. The highest BCUT2D eigenvalue weighted by atomic mass is 28.4. The Morgan fingerprint density at radius 1 is 1.06 bits per heavy atom. The minimum Gasteiger partial charge on any atom is -0.414 e. The molecule has 0 N–H and O–H groups in total. The summed E-state index contributed by atoms with van der Waals surface area (Å²) in [5.74, 6) is 3.35. The third-order valence-corrected chi connectivity index (χ3v) is 15.6. The van der Waals surface area contributed by atoms with E-state index in [4.69, 9.17) is 4.43 Å². The van der Waals surface area contributed by atoms with Gasteiger partial charge in [0.05, 0.1) is 0 Å².